The van der Waals surface area contributed by atoms with Crippen molar-refractivity contribution in [2.45, 2.75) is 12.5 Å². The second kappa shape index (κ2) is 6.26. The summed E-state index contributed by atoms with van der Waals surface area (Å²) in [6, 6.07) is 21.1. The predicted molar refractivity (Wildman–Crippen MR) is 95.2 cm³/mol. The fourth-order valence-electron chi connectivity index (χ4n) is 3.11. The monoisotopic (exact) mass is 324 g/mol. The summed E-state index contributed by atoms with van der Waals surface area (Å²) in [4.78, 5) is 10.7. The lowest BCUT2D eigenvalue weighted by molar-refractivity contribution is 0.734. The van der Waals surface area contributed by atoms with E-state index in [1.165, 1.54) is 16.8 Å². The second-order valence-corrected chi connectivity index (χ2v) is 5.40. The largest absolute Gasteiger partial charge is 0.368 e. The molecule has 1 aromatic heterocycles. The van der Waals surface area contributed by atoms with E-state index < -0.39 is 0 Å². The summed E-state index contributed by atoms with van der Waals surface area (Å²) in [5, 5.41) is 0. The Morgan fingerprint density at radius 1 is 0.957 bits per heavy atom. The van der Waals surface area contributed by atoms with Gasteiger partial charge in [0.25, 0.3) is 0 Å². The Labute approximate surface area is 141 Å². The molecular weight excluding hydrogens is 308 g/mol. The van der Waals surface area contributed by atoms with Crippen LogP contribution in [0.3, 0.4) is 0 Å². The molecule has 0 aliphatic carbocycles. The van der Waals surface area contributed by atoms with Crippen molar-refractivity contribution < 1.29 is 0 Å². The maximum atomic E-state index is 5.78. The molecule has 0 saturated heterocycles. The SMILES string of the molecule is Cl.Nc1nccc(N2c3ccccc3CC2c2ccccc2)n1. The number of nitrogen functional groups attached to an aromatic ring is 1. The molecule has 0 radical (unpaired) electrons. The van der Waals surface area contributed by atoms with E-state index in [4.69, 9.17) is 5.73 Å². The zero-order valence-corrected chi connectivity index (χ0v) is 13.3. The first-order chi connectivity index (χ1) is 10.8. The van der Waals surface area contributed by atoms with Gasteiger partial charge in [-0.15, -0.1) is 12.4 Å². The lowest BCUT2D eigenvalue weighted by atomic mass is 10.0. The topological polar surface area (TPSA) is 55.0 Å². The molecule has 23 heavy (non-hydrogen) atoms. The van der Waals surface area contributed by atoms with Crippen molar-refractivity contribution in [3.63, 3.8) is 0 Å². The minimum Gasteiger partial charge on any atom is -0.368 e. The van der Waals surface area contributed by atoms with Gasteiger partial charge in [0.15, 0.2) is 0 Å². The van der Waals surface area contributed by atoms with Crippen LogP contribution in [0.5, 0.6) is 0 Å². The standard InChI is InChI=1S/C18H16N4.ClH/c19-18-20-11-10-17(21-18)22-15-9-5-4-8-14(15)12-16(22)13-6-2-1-3-7-13;/h1-11,16H,12H2,(H2,19,20,21);1H. The molecule has 0 bridgehead atoms. The van der Waals surface area contributed by atoms with Gasteiger partial charge >= 0.3 is 0 Å². The molecule has 2 aromatic carbocycles. The third-order valence-corrected chi connectivity index (χ3v) is 4.07. The zero-order chi connectivity index (χ0) is 14.9. The van der Waals surface area contributed by atoms with E-state index in [0.29, 0.717) is 5.95 Å². The number of fused-ring (bicyclic) bond motifs is 1. The highest BCUT2D eigenvalue weighted by Crippen LogP contribution is 2.44. The number of aromatic nitrogens is 2. The van der Waals surface area contributed by atoms with Crippen molar-refractivity contribution in [3.8, 4) is 0 Å². The lowest BCUT2D eigenvalue weighted by Gasteiger charge is -2.27. The van der Waals surface area contributed by atoms with Crippen LogP contribution in [0.15, 0.2) is 66.9 Å². The molecule has 1 unspecified atom stereocenters. The normalized spacial score (nSPS) is 15.8. The number of rotatable bonds is 2. The van der Waals surface area contributed by atoms with Crippen LogP contribution < -0.4 is 10.6 Å². The summed E-state index contributed by atoms with van der Waals surface area (Å²) in [6.45, 7) is 0. The van der Waals surface area contributed by atoms with Crippen LogP contribution in [0.1, 0.15) is 17.2 Å². The number of nitrogens with two attached hydrogens (primary N) is 1. The van der Waals surface area contributed by atoms with E-state index >= 15 is 0 Å². The molecule has 1 aliphatic heterocycles. The third kappa shape index (κ3) is 2.73. The van der Waals surface area contributed by atoms with Crippen LogP contribution >= 0.6 is 12.4 Å². The highest BCUT2D eigenvalue weighted by Gasteiger charge is 2.32. The Morgan fingerprint density at radius 2 is 1.70 bits per heavy atom. The van der Waals surface area contributed by atoms with Crippen molar-refractivity contribution in [3.05, 3.63) is 78.0 Å². The molecule has 4 rings (SSSR count). The number of nitrogens with zero attached hydrogens (tertiary/aromatic N) is 3. The fraction of sp³-hybridized carbons (Fsp3) is 0.111. The number of benzene rings is 2. The first-order valence-corrected chi connectivity index (χ1v) is 7.33. The van der Waals surface area contributed by atoms with Crippen molar-refractivity contribution in [1.29, 1.82) is 0 Å². The molecule has 0 spiro atoms. The van der Waals surface area contributed by atoms with E-state index in [0.717, 1.165) is 12.2 Å². The molecule has 5 heteroatoms. The summed E-state index contributed by atoms with van der Waals surface area (Å²) in [5.74, 6) is 1.14. The molecule has 116 valence electrons. The van der Waals surface area contributed by atoms with Crippen molar-refractivity contribution >= 4 is 29.9 Å². The van der Waals surface area contributed by atoms with Crippen molar-refractivity contribution in [2.24, 2.45) is 0 Å². The minimum atomic E-state index is 0. The molecular formula is C18H17ClN4. The number of hydrogen-bond acceptors (Lipinski definition) is 4. The van der Waals surface area contributed by atoms with Gasteiger partial charge in [0.1, 0.15) is 5.82 Å². The molecule has 1 aliphatic rings. The summed E-state index contributed by atoms with van der Waals surface area (Å²) in [7, 11) is 0. The van der Waals surface area contributed by atoms with E-state index in [9.17, 15) is 0 Å². The molecule has 1 atom stereocenters. The average molecular weight is 325 g/mol. The van der Waals surface area contributed by atoms with Gasteiger partial charge in [-0.2, -0.15) is 4.98 Å². The highest BCUT2D eigenvalue weighted by atomic mass is 35.5. The molecule has 0 fully saturated rings. The van der Waals surface area contributed by atoms with Crippen LogP contribution in [0.4, 0.5) is 17.5 Å². The first kappa shape index (κ1) is 15.3. The smallest absolute Gasteiger partial charge is 0.221 e. The van der Waals surface area contributed by atoms with Gasteiger partial charge in [0.05, 0.1) is 6.04 Å². The summed E-state index contributed by atoms with van der Waals surface area (Å²) >= 11 is 0. The maximum absolute atomic E-state index is 5.78. The van der Waals surface area contributed by atoms with Gasteiger partial charge in [0, 0.05) is 11.9 Å². The number of halogens is 1. The molecule has 3 aromatic rings. The van der Waals surface area contributed by atoms with E-state index in [2.05, 4.69) is 63.4 Å². The van der Waals surface area contributed by atoms with Gasteiger partial charge in [0.2, 0.25) is 5.95 Å². The quantitative estimate of drug-likeness (QED) is 0.776. The number of hydrogen-bond donors (Lipinski definition) is 1. The summed E-state index contributed by atoms with van der Waals surface area (Å²) < 4.78 is 0. The Hall–Kier alpha value is -2.59. The Morgan fingerprint density at radius 3 is 2.48 bits per heavy atom. The Bertz CT molecular complexity index is 807. The Kier molecular flexibility index (Phi) is 4.17. The van der Waals surface area contributed by atoms with Crippen molar-refractivity contribution in [1.82, 2.24) is 9.97 Å². The maximum Gasteiger partial charge on any atom is 0.221 e. The van der Waals surface area contributed by atoms with Crippen LogP contribution in [0.2, 0.25) is 0 Å². The van der Waals surface area contributed by atoms with Crippen LogP contribution in [-0.2, 0) is 6.42 Å². The predicted octanol–water partition coefficient (Wildman–Crippen LogP) is 3.92. The van der Waals surface area contributed by atoms with Gasteiger partial charge in [-0.25, -0.2) is 4.98 Å². The summed E-state index contributed by atoms with van der Waals surface area (Å²) in [6.07, 6.45) is 2.67. The average Bonchev–Trinajstić information content (AvgIpc) is 2.95. The van der Waals surface area contributed by atoms with E-state index in [1.54, 1.807) is 6.20 Å². The first-order valence-electron chi connectivity index (χ1n) is 7.33. The van der Waals surface area contributed by atoms with Crippen LogP contribution in [-0.4, -0.2) is 9.97 Å². The van der Waals surface area contributed by atoms with Gasteiger partial charge in [-0.05, 0) is 29.7 Å². The molecule has 0 saturated carbocycles. The molecule has 2 heterocycles. The van der Waals surface area contributed by atoms with E-state index in [1.807, 2.05) is 12.1 Å². The van der Waals surface area contributed by atoms with Gasteiger partial charge < -0.3 is 10.6 Å². The highest BCUT2D eigenvalue weighted by molar-refractivity contribution is 5.85. The van der Waals surface area contributed by atoms with Gasteiger partial charge in [-0.1, -0.05) is 48.5 Å². The molecule has 4 nitrogen and oxygen atoms in total. The van der Waals surface area contributed by atoms with Crippen LogP contribution in [0, 0.1) is 0 Å². The molecule has 0 amide bonds. The van der Waals surface area contributed by atoms with Crippen molar-refractivity contribution in [2.75, 3.05) is 10.6 Å². The second-order valence-electron chi connectivity index (χ2n) is 5.40. The molecule has 2 N–H and O–H groups in total. The van der Waals surface area contributed by atoms with Crippen LogP contribution in [0.25, 0.3) is 0 Å². The number of anilines is 3. The fourth-order valence-corrected chi connectivity index (χ4v) is 3.11. The van der Waals surface area contributed by atoms with E-state index in [-0.39, 0.29) is 18.4 Å². The zero-order valence-electron chi connectivity index (χ0n) is 12.5. The Balaban J connectivity index is 0.00000156. The third-order valence-electron chi connectivity index (χ3n) is 4.07. The number of para-hydroxylation sites is 1. The minimum absolute atomic E-state index is 0. The summed E-state index contributed by atoms with van der Waals surface area (Å²) in [5.41, 5.74) is 9.57. The lowest BCUT2D eigenvalue weighted by Crippen LogP contribution is -2.21. The van der Waals surface area contributed by atoms with Gasteiger partial charge in [-0.3, -0.25) is 0 Å².